The van der Waals surface area contributed by atoms with Crippen molar-refractivity contribution in [3.05, 3.63) is 24.3 Å². The number of rotatable bonds is 32. The van der Waals surface area contributed by atoms with Gasteiger partial charge in [-0.15, -0.1) is 0 Å². The number of unbranched alkanes of at least 4 members (excludes halogenated alkanes) is 16. The minimum Gasteiger partial charge on any atom is -0.379 e. The van der Waals surface area contributed by atoms with Crippen LogP contribution in [0.4, 0.5) is 0 Å². The van der Waals surface area contributed by atoms with E-state index in [0.29, 0.717) is 24.2 Å². The van der Waals surface area contributed by atoms with Crippen LogP contribution >= 0.6 is 7.82 Å². The van der Waals surface area contributed by atoms with E-state index in [0.717, 1.165) is 25.7 Å². The lowest BCUT2D eigenvalue weighted by atomic mass is 10.1. The van der Waals surface area contributed by atoms with Crippen LogP contribution in [0.1, 0.15) is 150 Å². The van der Waals surface area contributed by atoms with Crippen LogP contribution in [0, 0.1) is 0 Å². The molecule has 0 rings (SSSR count). The molecule has 2 atom stereocenters. The fraction of sp³-hybridized carbons (Fsp3) is 0.892. The number of phosphoric ester groups is 1. The Morgan fingerprint density at radius 3 is 1.53 bits per heavy atom. The van der Waals surface area contributed by atoms with Crippen LogP contribution < -0.4 is 0 Å². The molecular formula is C37H75NO6P+. The minimum atomic E-state index is -4.14. The Morgan fingerprint density at radius 2 is 1.09 bits per heavy atom. The van der Waals surface area contributed by atoms with Crippen LogP contribution in [0.5, 0.6) is 0 Å². The third-order valence-corrected chi connectivity index (χ3v) is 8.46. The van der Waals surface area contributed by atoms with Crippen LogP contribution in [0.2, 0.25) is 0 Å². The Labute approximate surface area is 279 Å². The maximum absolute atomic E-state index is 12.3. The highest BCUT2D eigenvalue weighted by Gasteiger charge is 2.27. The average molecular weight is 661 g/mol. The third kappa shape index (κ3) is 36.2. The molecule has 0 amide bonds. The number of quaternary nitrogens is 1. The predicted octanol–water partition coefficient (Wildman–Crippen LogP) is 10.6. The number of hydrogen-bond donors (Lipinski definition) is 1. The fourth-order valence-electron chi connectivity index (χ4n) is 4.86. The fourth-order valence-corrected chi connectivity index (χ4v) is 5.61. The maximum Gasteiger partial charge on any atom is 0.472 e. The Hall–Kier alpha value is -0.530. The maximum atomic E-state index is 12.3. The molecule has 0 aromatic heterocycles. The summed E-state index contributed by atoms with van der Waals surface area (Å²) in [6, 6.07) is 0. The van der Waals surface area contributed by atoms with Crippen molar-refractivity contribution in [1.82, 2.24) is 0 Å². The number of allylic oxidation sites excluding steroid dienone is 4. The number of phosphoric acid groups is 1. The Kier molecular flexibility index (Phi) is 28.1. The highest BCUT2D eigenvalue weighted by atomic mass is 31.2. The quantitative estimate of drug-likeness (QED) is 0.0335. The molecule has 268 valence electrons. The second-order valence-electron chi connectivity index (χ2n) is 14.6. The second kappa shape index (κ2) is 28.5. The molecule has 0 spiro atoms. The van der Waals surface area contributed by atoms with Gasteiger partial charge in [0.05, 0.1) is 40.0 Å². The van der Waals surface area contributed by atoms with E-state index in [1.165, 1.54) is 96.3 Å². The molecule has 0 aliphatic carbocycles. The van der Waals surface area contributed by atoms with Gasteiger partial charge in [-0.3, -0.25) is 9.05 Å². The van der Waals surface area contributed by atoms with Gasteiger partial charge < -0.3 is 18.9 Å². The minimum absolute atomic E-state index is 0.0579. The zero-order valence-corrected chi connectivity index (χ0v) is 31.6. The Balaban J connectivity index is 3.73. The number of ether oxygens (including phenoxy) is 2. The molecule has 0 aromatic carbocycles. The molecule has 7 nitrogen and oxygen atoms in total. The van der Waals surface area contributed by atoms with Crippen molar-refractivity contribution in [3.63, 3.8) is 0 Å². The highest BCUT2D eigenvalue weighted by Crippen LogP contribution is 2.43. The third-order valence-electron chi connectivity index (χ3n) is 7.47. The summed E-state index contributed by atoms with van der Waals surface area (Å²) >= 11 is 0. The van der Waals surface area contributed by atoms with E-state index < -0.39 is 19.5 Å². The standard InChI is InChI=1S/C37H74NO6P/c1-8-9-10-11-12-13-14-15-16-17-18-19-20-21-22-23-24-25-26-27-28-29-30-32-41-34-36(44-37(2,3)4)35-43-45(39,40)42-33-31-38(5,6)7/h13-14,25-26,36H,8-12,15-24,27-35H2,1-7H3/p+1/b14-13-,26-25-/t36-/m1/s1. The smallest absolute Gasteiger partial charge is 0.379 e. The SMILES string of the molecule is CCCCCC/C=C\CCCCCCCCCC/C=C\CCCCCOC[C@H](COP(=O)(O)OCC[N+](C)(C)C)OC(C)(C)C. The molecule has 0 saturated heterocycles. The van der Waals surface area contributed by atoms with Crippen molar-refractivity contribution < 1.29 is 32.5 Å². The molecule has 0 saturated carbocycles. The lowest BCUT2D eigenvalue weighted by molar-refractivity contribution is -0.870. The van der Waals surface area contributed by atoms with Gasteiger partial charge >= 0.3 is 7.82 Å². The molecule has 0 radical (unpaired) electrons. The summed E-state index contributed by atoms with van der Waals surface area (Å²) in [7, 11) is 1.85. The van der Waals surface area contributed by atoms with Gasteiger partial charge in [0.1, 0.15) is 19.3 Å². The van der Waals surface area contributed by atoms with E-state index in [4.69, 9.17) is 18.5 Å². The molecule has 45 heavy (non-hydrogen) atoms. The summed E-state index contributed by atoms with van der Waals surface area (Å²) in [5.74, 6) is 0. The molecule has 1 N–H and O–H groups in total. The molecule has 0 aliphatic heterocycles. The van der Waals surface area contributed by atoms with Gasteiger partial charge in [-0.1, -0.05) is 95.4 Å². The Bertz CT molecular complexity index is 759. The van der Waals surface area contributed by atoms with E-state index in [1.54, 1.807) is 0 Å². The first-order chi connectivity index (χ1) is 21.3. The van der Waals surface area contributed by atoms with Crippen molar-refractivity contribution in [2.75, 3.05) is 54.1 Å². The van der Waals surface area contributed by atoms with Crippen molar-refractivity contribution >= 4 is 7.82 Å². The number of likely N-dealkylation sites (N-methyl/N-ethyl adjacent to an activating group) is 1. The summed E-state index contributed by atoms with van der Waals surface area (Å²) in [5.41, 5.74) is -0.419. The normalized spacial score (nSPS) is 14.9. The van der Waals surface area contributed by atoms with E-state index in [-0.39, 0.29) is 13.2 Å². The topological polar surface area (TPSA) is 74.2 Å². The van der Waals surface area contributed by atoms with Crippen LogP contribution in [0.3, 0.4) is 0 Å². The van der Waals surface area contributed by atoms with Crippen molar-refractivity contribution in [2.45, 2.75) is 161 Å². The van der Waals surface area contributed by atoms with Crippen molar-refractivity contribution in [1.29, 1.82) is 0 Å². The first kappa shape index (κ1) is 44.5. The molecule has 1 unspecified atom stereocenters. The lowest BCUT2D eigenvalue weighted by Crippen LogP contribution is -2.37. The van der Waals surface area contributed by atoms with Crippen LogP contribution in [-0.4, -0.2) is 75.2 Å². The van der Waals surface area contributed by atoms with Crippen LogP contribution in [0.15, 0.2) is 24.3 Å². The molecule has 0 aromatic rings. The summed E-state index contributed by atoms with van der Waals surface area (Å²) in [5, 5.41) is 0. The summed E-state index contributed by atoms with van der Waals surface area (Å²) < 4.78 is 35.1. The van der Waals surface area contributed by atoms with Gasteiger partial charge in [0.2, 0.25) is 0 Å². The zero-order valence-electron chi connectivity index (χ0n) is 30.7. The Morgan fingerprint density at radius 1 is 0.644 bits per heavy atom. The zero-order chi connectivity index (χ0) is 33.7. The van der Waals surface area contributed by atoms with Crippen LogP contribution in [0.25, 0.3) is 0 Å². The van der Waals surface area contributed by atoms with Gasteiger partial charge in [-0.2, -0.15) is 0 Å². The molecule has 0 aliphatic rings. The lowest BCUT2D eigenvalue weighted by Gasteiger charge is -2.28. The van der Waals surface area contributed by atoms with E-state index >= 15 is 0 Å². The van der Waals surface area contributed by atoms with Gasteiger partial charge in [0.25, 0.3) is 0 Å². The van der Waals surface area contributed by atoms with Gasteiger partial charge in [0, 0.05) is 6.61 Å². The number of hydrogen-bond acceptors (Lipinski definition) is 5. The van der Waals surface area contributed by atoms with Crippen LogP contribution in [-0.2, 0) is 23.1 Å². The van der Waals surface area contributed by atoms with Crippen molar-refractivity contribution in [3.8, 4) is 0 Å². The first-order valence-corrected chi connectivity index (χ1v) is 19.8. The number of nitrogens with zero attached hydrogens (tertiary/aromatic N) is 1. The molecule has 0 heterocycles. The van der Waals surface area contributed by atoms with E-state index in [9.17, 15) is 9.46 Å². The van der Waals surface area contributed by atoms with Crippen molar-refractivity contribution in [2.24, 2.45) is 0 Å². The molecule has 0 bridgehead atoms. The van der Waals surface area contributed by atoms with Gasteiger partial charge in [0.15, 0.2) is 0 Å². The molecule has 0 fully saturated rings. The van der Waals surface area contributed by atoms with E-state index in [2.05, 4.69) is 31.2 Å². The second-order valence-corrected chi connectivity index (χ2v) is 16.0. The van der Waals surface area contributed by atoms with Gasteiger partial charge in [-0.05, 0) is 78.6 Å². The summed E-state index contributed by atoms with van der Waals surface area (Å²) in [6.07, 6.45) is 33.6. The average Bonchev–Trinajstić information content (AvgIpc) is 2.94. The largest absolute Gasteiger partial charge is 0.472 e. The van der Waals surface area contributed by atoms with E-state index in [1.807, 2.05) is 41.9 Å². The highest BCUT2D eigenvalue weighted by molar-refractivity contribution is 7.47. The predicted molar refractivity (Wildman–Crippen MR) is 192 cm³/mol. The molecule has 8 heteroatoms. The molecular weight excluding hydrogens is 585 g/mol. The first-order valence-electron chi connectivity index (χ1n) is 18.3. The summed E-state index contributed by atoms with van der Waals surface area (Å²) in [6.45, 7) is 9.76. The monoisotopic (exact) mass is 661 g/mol. The summed E-state index contributed by atoms with van der Waals surface area (Å²) in [4.78, 5) is 10.0. The van der Waals surface area contributed by atoms with Gasteiger partial charge in [-0.25, -0.2) is 4.57 Å².